The van der Waals surface area contributed by atoms with Crippen molar-refractivity contribution in [2.24, 2.45) is 0 Å². The second-order valence-corrected chi connectivity index (χ2v) is 6.24. The minimum absolute atomic E-state index is 0.403. The van der Waals surface area contributed by atoms with Gasteiger partial charge in [0.05, 0.1) is 38.9 Å². The van der Waals surface area contributed by atoms with E-state index in [0.29, 0.717) is 39.4 Å². The average Bonchev–Trinajstić information content (AvgIpc) is 3.25. The number of rotatable bonds is 3. The molecule has 2 aromatic heterocycles. The molecule has 0 spiro atoms. The minimum atomic E-state index is 0.403. The van der Waals surface area contributed by atoms with Gasteiger partial charge in [-0.3, -0.25) is 0 Å². The van der Waals surface area contributed by atoms with Gasteiger partial charge in [-0.05, 0) is 29.8 Å². The summed E-state index contributed by atoms with van der Waals surface area (Å²) in [6.45, 7) is 0.488. The summed E-state index contributed by atoms with van der Waals surface area (Å²) in [6.07, 6.45) is 3.06. The molecule has 0 fully saturated rings. The van der Waals surface area contributed by atoms with Gasteiger partial charge in [0.15, 0.2) is 5.82 Å². The van der Waals surface area contributed by atoms with Crippen molar-refractivity contribution in [3.05, 3.63) is 70.0 Å². The van der Waals surface area contributed by atoms with Crippen LogP contribution in [0.4, 0.5) is 0 Å². The predicted molar refractivity (Wildman–Crippen MR) is 95.5 cm³/mol. The van der Waals surface area contributed by atoms with Gasteiger partial charge in [-0.1, -0.05) is 35.3 Å². The monoisotopic (exact) mass is 368 g/mol. The highest BCUT2D eigenvalue weighted by Crippen LogP contribution is 2.31. The van der Waals surface area contributed by atoms with Crippen LogP contribution >= 0.6 is 23.2 Å². The second-order valence-electron chi connectivity index (χ2n) is 5.43. The Morgan fingerprint density at radius 2 is 2.00 bits per heavy atom. The molecule has 0 aliphatic rings. The first kappa shape index (κ1) is 15.7. The normalized spacial score (nSPS) is 10.9. The Bertz CT molecular complexity index is 1110. The number of benzene rings is 2. The lowest BCUT2D eigenvalue weighted by atomic mass is 10.1. The first-order valence-electron chi connectivity index (χ1n) is 7.40. The second kappa shape index (κ2) is 6.25. The highest BCUT2D eigenvalue weighted by molar-refractivity contribution is 6.42. The molecule has 5 nitrogen and oxygen atoms in total. The van der Waals surface area contributed by atoms with Gasteiger partial charge in [0.25, 0.3) is 5.89 Å². The van der Waals surface area contributed by atoms with Crippen LogP contribution in [0.3, 0.4) is 0 Å². The summed E-state index contributed by atoms with van der Waals surface area (Å²) in [5.74, 6) is 0.973. The van der Waals surface area contributed by atoms with Crippen molar-refractivity contribution in [1.82, 2.24) is 14.5 Å². The van der Waals surface area contributed by atoms with Crippen LogP contribution in [0.2, 0.25) is 10.0 Å². The van der Waals surface area contributed by atoms with E-state index in [1.807, 2.05) is 22.8 Å². The van der Waals surface area contributed by atoms with Gasteiger partial charge >= 0.3 is 0 Å². The van der Waals surface area contributed by atoms with Gasteiger partial charge in [0, 0.05) is 6.54 Å². The highest BCUT2D eigenvalue weighted by atomic mass is 35.5. The van der Waals surface area contributed by atoms with Crippen molar-refractivity contribution in [1.29, 1.82) is 5.26 Å². The van der Waals surface area contributed by atoms with Gasteiger partial charge < -0.3 is 8.98 Å². The summed E-state index contributed by atoms with van der Waals surface area (Å²) in [5, 5.41) is 9.98. The van der Waals surface area contributed by atoms with Crippen molar-refractivity contribution in [3.63, 3.8) is 0 Å². The van der Waals surface area contributed by atoms with E-state index in [1.165, 1.54) is 6.26 Å². The number of fused-ring (bicyclic) bond motifs is 1. The number of nitriles is 1. The topological polar surface area (TPSA) is 67.6 Å². The fourth-order valence-corrected chi connectivity index (χ4v) is 3.01. The maximum absolute atomic E-state index is 9.11. The summed E-state index contributed by atoms with van der Waals surface area (Å²) in [7, 11) is 0. The third-order valence-corrected chi connectivity index (χ3v) is 4.53. The fraction of sp³-hybridized carbons (Fsp3) is 0.0556. The number of nitrogens with zero attached hydrogens (tertiary/aromatic N) is 4. The molecule has 25 heavy (non-hydrogen) atoms. The SMILES string of the molecule is N#Cc1cccc(Cn2c(-c3ncco3)nc3cc(Cl)c(Cl)cc32)c1. The molecule has 4 rings (SSSR count). The zero-order valence-electron chi connectivity index (χ0n) is 12.8. The smallest absolute Gasteiger partial charge is 0.263 e. The van der Waals surface area contributed by atoms with Crippen molar-refractivity contribution >= 4 is 34.2 Å². The van der Waals surface area contributed by atoms with Crippen molar-refractivity contribution < 1.29 is 4.42 Å². The molecule has 122 valence electrons. The molecule has 0 aliphatic heterocycles. The summed E-state index contributed by atoms with van der Waals surface area (Å²) < 4.78 is 7.36. The lowest BCUT2D eigenvalue weighted by molar-refractivity contribution is 0.564. The number of aromatic nitrogens is 3. The first-order valence-corrected chi connectivity index (χ1v) is 8.15. The molecule has 2 heterocycles. The van der Waals surface area contributed by atoms with E-state index in [0.717, 1.165) is 11.1 Å². The Morgan fingerprint density at radius 1 is 1.16 bits per heavy atom. The third kappa shape index (κ3) is 2.86. The van der Waals surface area contributed by atoms with Crippen LogP contribution in [0.5, 0.6) is 0 Å². The van der Waals surface area contributed by atoms with Crippen LogP contribution in [-0.2, 0) is 6.54 Å². The van der Waals surface area contributed by atoms with Crippen molar-refractivity contribution in [2.45, 2.75) is 6.54 Å². The van der Waals surface area contributed by atoms with E-state index in [-0.39, 0.29) is 0 Å². The third-order valence-electron chi connectivity index (χ3n) is 3.81. The molecule has 0 saturated carbocycles. The number of hydrogen-bond acceptors (Lipinski definition) is 4. The average molecular weight is 369 g/mol. The van der Waals surface area contributed by atoms with Crippen LogP contribution < -0.4 is 0 Å². The molecule has 0 bridgehead atoms. The largest absolute Gasteiger partial charge is 0.442 e. The molecular weight excluding hydrogens is 359 g/mol. The Labute approximate surface area is 153 Å². The molecule has 0 amide bonds. The van der Waals surface area contributed by atoms with E-state index >= 15 is 0 Å². The van der Waals surface area contributed by atoms with Gasteiger partial charge in [-0.25, -0.2) is 9.97 Å². The number of halogens is 2. The van der Waals surface area contributed by atoms with Crippen LogP contribution in [-0.4, -0.2) is 14.5 Å². The fourth-order valence-electron chi connectivity index (χ4n) is 2.70. The Balaban J connectivity index is 1.92. The molecule has 0 radical (unpaired) electrons. The molecule has 0 aliphatic carbocycles. The Hall–Kier alpha value is -2.81. The lowest BCUT2D eigenvalue weighted by Gasteiger charge is -2.08. The van der Waals surface area contributed by atoms with Gasteiger partial charge in [-0.15, -0.1) is 0 Å². The summed E-state index contributed by atoms with van der Waals surface area (Å²) in [5.41, 5.74) is 3.06. The van der Waals surface area contributed by atoms with Crippen molar-refractivity contribution in [2.75, 3.05) is 0 Å². The maximum Gasteiger partial charge on any atom is 0.263 e. The van der Waals surface area contributed by atoms with Crippen molar-refractivity contribution in [3.8, 4) is 17.8 Å². The van der Waals surface area contributed by atoms with E-state index < -0.39 is 0 Å². The first-order chi connectivity index (χ1) is 12.2. The standard InChI is InChI=1S/C18H10Cl2N4O/c19-13-7-15-16(8-14(13)20)24(17(23-15)18-22-4-5-25-18)10-12-3-1-2-11(6-12)9-21/h1-8H,10H2. The molecular formula is C18H10Cl2N4O. The zero-order valence-corrected chi connectivity index (χ0v) is 14.3. The summed E-state index contributed by atoms with van der Waals surface area (Å²) in [4.78, 5) is 8.79. The van der Waals surface area contributed by atoms with E-state index in [2.05, 4.69) is 16.0 Å². The molecule has 0 N–H and O–H groups in total. The van der Waals surface area contributed by atoms with E-state index in [1.54, 1.807) is 24.4 Å². The summed E-state index contributed by atoms with van der Waals surface area (Å²) in [6, 6.07) is 13.0. The molecule has 0 atom stereocenters. The molecule has 2 aromatic carbocycles. The molecule has 0 unspecified atom stereocenters. The van der Waals surface area contributed by atoms with E-state index in [4.69, 9.17) is 32.9 Å². The Morgan fingerprint density at radius 3 is 2.76 bits per heavy atom. The molecule has 0 saturated heterocycles. The number of hydrogen-bond donors (Lipinski definition) is 0. The highest BCUT2D eigenvalue weighted by Gasteiger charge is 2.18. The quantitative estimate of drug-likeness (QED) is 0.514. The zero-order chi connectivity index (χ0) is 17.4. The number of oxazole rings is 1. The number of imidazole rings is 1. The van der Waals surface area contributed by atoms with Gasteiger partial charge in [0.2, 0.25) is 0 Å². The van der Waals surface area contributed by atoms with Gasteiger partial charge in [0.1, 0.15) is 6.26 Å². The van der Waals surface area contributed by atoms with Crippen LogP contribution in [0.25, 0.3) is 22.7 Å². The molecule has 4 aromatic rings. The van der Waals surface area contributed by atoms with Crippen LogP contribution in [0.1, 0.15) is 11.1 Å². The van der Waals surface area contributed by atoms with Gasteiger partial charge in [-0.2, -0.15) is 5.26 Å². The summed E-state index contributed by atoms with van der Waals surface area (Å²) >= 11 is 12.3. The van der Waals surface area contributed by atoms with Crippen LogP contribution in [0.15, 0.2) is 53.3 Å². The maximum atomic E-state index is 9.11. The molecule has 7 heteroatoms. The van der Waals surface area contributed by atoms with Crippen LogP contribution in [0, 0.1) is 11.3 Å². The lowest BCUT2D eigenvalue weighted by Crippen LogP contribution is -2.02. The minimum Gasteiger partial charge on any atom is -0.442 e. The predicted octanol–water partition coefficient (Wildman–Crippen LogP) is 4.92. The Kier molecular flexibility index (Phi) is 3.92. The van der Waals surface area contributed by atoms with E-state index in [9.17, 15) is 0 Å².